The standard InChI is InChI=1S/C13H18N4O4/c1-2-21-10-13(18)16-7-5-15(6-8-16)12-4-3-11(9-14-12)17(19)20/h3-4,9H,2,5-8,10H2,1H3. The van der Waals surface area contributed by atoms with Crippen LogP contribution in [-0.2, 0) is 9.53 Å². The second kappa shape index (κ2) is 6.98. The van der Waals surface area contributed by atoms with Crippen LogP contribution in [0.3, 0.4) is 0 Å². The van der Waals surface area contributed by atoms with Gasteiger partial charge >= 0.3 is 0 Å². The number of ether oxygens (including phenoxy) is 1. The third-order valence-corrected chi connectivity index (χ3v) is 3.33. The van der Waals surface area contributed by atoms with Gasteiger partial charge in [-0.3, -0.25) is 14.9 Å². The van der Waals surface area contributed by atoms with Gasteiger partial charge in [0.15, 0.2) is 0 Å². The van der Waals surface area contributed by atoms with Crippen LogP contribution >= 0.6 is 0 Å². The molecule has 0 radical (unpaired) electrons. The van der Waals surface area contributed by atoms with Gasteiger partial charge in [-0.1, -0.05) is 0 Å². The van der Waals surface area contributed by atoms with Gasteiger partial charge in [-0.25, -0.2) is 4.98 Å². The number of carbonyl (C=O) groups is 1. The van der Waals surface area contributed by atoms with Crippen LogP contribution in [0, 0.1) is 10.1 Å². The molecule has 1 amide bonds. The van der Waals surface area contributed by atoms with Gasteiger partial charge in [0.05, 0.1) is 4.92 Å². The van der Waals surface area contributed by atoms with Gasteiger partial charge in [-0.05, 0) is 13.0 Å². The van der Waals surface area contributed by atoms with E-state index in [4.69, 9.17) is 4.74 Å². The molecule has 1 fully saturated rings. The summed E-state index contributed by atoms with van der Waals surface area (Å²) in [6, 6.07) is 3.07. The first-order chi connectivity index (χ1) is 10.1. The van der Waals surface area contributed by atoms with E-state index in [1.807, 2.05) is 11.8 Å². The zero-order valence-electron chi connectivity index (χ0n) is 11.9. The van der Waals surface area contributed by atoms with Gasteiger partial charge in [-0.2, -0.15) is 0 Å². The quantitative estimate of drug-likeness (QED) is 0.586. The van der Waals surface area contributed by atoms with E-state index in [0.29, 0.717) is 38.6 Å². The molecule has 1 aliphatic rings. The van der Waals surface area contributed by atoms with Gasteiger partial charge in [0.2, 0.25) is 5.91 Å². The van der Waals surface area contributed by atoms with Crippen molar-refractivity contribution in [3.63, 3.8) is 0 Å². The number of nitrogens with zero attached hydrogens (tertiary/aromatic N) is 4. The lowest BCUT2D eigenvalue weighted by Crippen LogP contribution is -2.50. The molecule has 1 aromatic heterocycles. The molecule has 1 aliphatic heterocycles. The highest BCUT2D eigenvalue weighted by atomic mass is 16.6. The van der Waals surface area contributed by atoms with E-state index in [1.54, 1.807) is 11.0 Å². The van der Waals surface area contributed by atoms with Crippen molar-refractivity contribution >= 4 is 17.4 Å². The Kier molecular flexibility index (Phi) is 5.04. The topological polar surface area (TPSA) is 88.8 Å². The predicted molar refractivity (Wildman–Crippen MR) is 76.2 cm³/mol. The van der Waals surface area contributed by atoms with E-state index in [0.717, 1.165) is 0 Å². The van der Waals surface area contributed by atoms with Crippen LogP contribution in [0.4, 0.5) is 11.5 Å². The molecule has 0 atom stereocenters. The summed E-state index contributed by atoms with van der Waals surface area (Å²) in [5.74, 6) is 0.686. The molecule has 1 saturated heterocycles. The van der Waals surface area contributed by atoms with Gasteiger partial charge in [0, 0.05) is 38.9 Å². The normalized spacial score (nSPS) is 15.1. The fraction of sp³-hybridized carbons (Fsp3) is 0.538. The lowest BCUT2D eigenvalue weighted by Gasteiger charge is -2.35. The number of hydrogen-bond acceptors (Lipinski definition) is 6. The lowest BCUT2D eigenvalue weighted by molar-refractivity contribution is -0.385. The van der Waals surface area contributed by atoms with Crippen LogP contribution in [0.25, 0.3) is 0 Å². The van der Waals surface area contributed by atoms with Gasteiger partial charge in [0.1, 0.15) is 18.6 Å². The molecular formula is C13H18N4O4. The molecule has 2 heterocycles. The molecule has 114 valence electrons. The SMILES string of the molecule is CCOCC(=O)N1CCN(c2ccc([N+](=O)[O-])cn2)CC1. The van der Waals surface area contributed by atoms with E-state index in [-0.39, 0.29) is 18.2 Å². The third kappa shape index (κ3) is 3.88. The van der Waals surface area contributed by atoms with Crippen molar-refractivity contribution in [1.82, 2.24) is 9.88 Å². The lowest BCUT2D eigenvalue weighted by atomic mass is 10.3. The van der Waals surface area contributed by atoms with Crippen LogP contribution in [0.5, 0.6) is 0 Å². The van der Waals surface area contributed by atoms with Gasteiger partial charge < -0.3 is 14.5 Å². The number of carbonyl (C=O) groups excluding carboxylic acids is 1. The number of amides is 1. The molecule has 2 rings (SSSR count). The Hall–Kier alpha value is -2.22. The van der Waals surface area contributed by atoms with Gasteiger partial charge in [-0.15, -0.1) is 0 Å². The summed E-state index contributed by atoms with van der Waals surface area (Å²) in [5.41, 5.74) is -0.0238. The molecule has 21 heavy (non-hydrogen) atoms. The highest BCUT2D eigenvalue weighted by molar-refractivity contribution is 5.77. The Balaban J connectivity index is 1.88. The first-order valence-electron chi connectivity index (χ1n) is 6.82. The first-order valence-corrected chi connectivity index (χ1v) is 6.82. The van der Waals surface area contributed by atoms with Crippen molar-refractivity contribution in [3.8, 4) is 0 Å². The van der Waals surface area contributed by atoms with E-state index in [1.165, 1.54) is 12.3 Å². The molecule has 1 aromatic rings. The largest absolute Gasteiger partial charge is 0.372 e. The zero-order chi connectivity index (χ0) is 15.2. The second-order valence-electron chi connectivity index (χ2n) is 4.64. The maximum atomic E-state index is 11.8. The third-order valence-electron chi connectivity index (χ3n) is 3.33. The smallest absolute Gasteiger partial charge is 0.287 e. The molecule has 0 spiro atoms. The Bertz CT molecular complexity index is 497. The summed E-state index contributed by atoms with van der Waals surface area (Å²) in [6.45, 7) is 5.01. The van der Waals surface area contributed by atoms with Crippen molar-refractivity contribution in [3.05, 3.63) is 28.4 Å². The molecule has 8 nitrogen and oxygen atoms in total. The summed E-state index contributed by atoms with van der Waals surface area (Å²) >= 11 is 0. The van der Waals surface area contributed by atoms with Crippen LogP contribution in [0.1, 0.15) is 6.92 Å². The minimum absolute atomic E-state index is 0.00633. The van der Waals surface area contributed by atoms with Crippen LogP contribution in [0.2, 0.25) is 0 Å². The van der Waals surface area contributed by atoms with E-state index < -0.39 is 4.92 Å². The van der Waals surface area contributed by atoms with Gasteiger partial charge in [0.25, 0.3) is 5.69 Å². The number of nitro groups is 1. The molecule has 0 bridgehead atoms. The first kappa shape index (κ1) is 15.2. The number of rotatable bonds is 5. The minimum Gasteiger partial charge on any atom is -0.372 e. The number of piperazine rings is 1. The number of anilines is 1. The molecule has 0 unspecified atom stereocenters. The fourth-order valence-corrected chi connectivity index (χ4v) is 2.14. The fourth-order valence-electron chi connectivity index (χ4n) is 2.14. The molecule has 0 aliphatic carbocycles. The summed E-state index contributed by atoms with van der Waals surface area (Å²) in [7, 11) is 0. The average Bonchev–Trinajstić information content (AvgIpc) is 2.53. The van der Waals surface area contributed by atoms with E-state index >= 15 is 0 Å². The Morgan fingerprint density at radius 2 is 2.10 bits per heavy atom. The number of hydrogen-bond donors (Lipinski definition) is 0. The van der Waals surface area contributed by atoms with E-state index in [2.05, 4.69) is 4.98 Å². The van der Waals surface area contributed by atoms with Crippen LogP contribution < -0.4 is 4.90 Å². The predicted octanol–water partition coefficient (Wildman–Crippen LogP) is 0.675. The maximum absolute atomic E-state index is 11.8. The Labute approximate surface area is 122 Å². The summed E-state index contributed by atoms with van der Waals surface area (Å²) < 4.78 is 5.11. The highest BCUT2D eigenvalue weighted by Gasteiger charge is 2.22. The molecular weight excluding hydrogens is 276 g/mol. The van der Waals surface area contributed by atoms with Crippen molar-refractivity contribution in [2.24, 2.45) is 0 Å². The van der Waals surface area contributed by atoms with Crippen molar-refractivity contribution < 1.29 is 14.5 Å². The Morgan fingerprint density at radius 1 is 1.38 bits per heavy atom. The molecule has 0 aromatic carbocycles. The molecule has 8 heteroatoms. The minimum atomic E-state index is -0.471. The summed E-state index contributed by atoms with van der Waals surface area (Å²) in [6.07, 6.45) is 1.25. The second-order valence-corrected chi connectivity index (χ2v) is 4.64. The number of pyridine rings is 1. The molecule has 0 N–H and O–H groups in total. The summed E-state index contributed by atoms with van der Waals surface area (Å²) in [4.78, 5) is 29.8. The maximum Gasteiger partial charge on any atom is 0.287 e. The monoisotopic (exact) mass is 294 g/mol. The van der Waals surface area contributed by atoms with E-state index in [9.17, 15) is 14.9 Å². The Morgan fingerprint density at radius 3 is 2.62 bits per heavy atom. The molecule has 0 saturated carbocycles. The van der Waals surface area contributed by atoms with Crippen molar-refractivity contribution in [1.29, 1.82) is 0 Å². The average molecular weight is 294 g/mol. The van der Waals surface area contributed by atoms with Crippen molar-refractivity contribution in [2.45, 2.75) is 6.92 Å². The van der Waals surface area contributed by atoms with Crippen LogP contribution in [0.15, 0.2) is 18.3 Å². The number of aromatic nitrogens is 1. The van der Waals surface area contributed by atoms with Crippen LogP contribution in [-0.4, -0.2) is 60.1 Å². The zero-order valence-corrected chi connectivity index (χ0v) is 11.9. The highest BCUT2D eigenvalue weighted by Crippen LogP contribution is 2.17. The van der Waals surface area contributed by atoms with Crippen molar-refractivity contribution in [2.75, 3.05) is 44.3 Å². The summed E-state index contributed by atoms with van der Waals surface area (Å²) in [5, 5.41) is 10.6.